The number of aryl methyl sites for hydroxylation is 1. The number of carbonyl (C=O) groups excluding carboxylic acids is 3. The van der Waals surface area contributed by atoms with Gasteiger partial charge in [-0.3, -0.25) is 9.59 Å². The Hall–Kier alpha value is -3.35. The molecule has 2 aromatic rings. The molecule has 2 rings (SSSR count). The second-order valence-electron chi connectivity index (χ2n) is 6.55. The first-order chi connectivity index (χ1) is 13.8. The van der Waals surface area contributed by atoms with E-state index in [1.807, 2.05) is 31.2 Å². The van der Waals surface area contributed by atoms with Crippen molar-refractivity contribution < 1.29 is 28.6 Å². The normalized spacial score (nSPS) is 11.3. The zero-order valence-corrected chi connectivity index (χ0v) is 17.0. The summed E-state index contributed by atoms with van der Waals surface area (Å²) in [4.78, 5) is 35.5. The van der Waals surface area contributed by atoms with E-state index in [-0.39, 0.29) is 5.78 Å². The molecule has 0 saturated heterocycles. The summed E-state index contributed by atoms with van der Waals surface area (Å²) < 4.78 is 15.7. The van der Waals surface area contributed by atoms with Gasteiger partial charge in [-0.1, -0.05) is 29.8 Å². The standard InChI is InChI=1S/C22H25NO6/c1-14-5-7-17(8-6-14)12-23-22(26)16(3)29-21(25)13-28-19-10-9-18(15(2)24)11-20(19)27-4/h5-11,16H,12-13H2,1-4H3,(H,23,26)/t16-/m1/s1. The number of ketones is 1. The average Bonchev–Trinajstić information content (AvgIpc) is 2.71. The minimum Gasteiger partial charge on any atom is -0.493 e. The van der Waals surface area contributed by atoms with Gasteiger partial charge in [-0.15, -0.1) is 0 Å². The number of nitrogens with one attached hydrogen (secondary N) is 1. The summed E-state index contributed by atoms with van der Waals surface area (Å²) in [5.41, 5.74) is 2.55. The molecule has 0 fully saturated rings. The van der Waals surface area contributed by atoms with E-state index in [4.69, 9.17) is 14.2 Å². The van der Waals surface area contributed by atoms with E-state index in [9.17, 15) is 14.4 Å². The van der Waals surface area contributed by atoms with Gasteiger partial charge in [0.15, 0.2) is 30.0 Å². The first-order valence-corrected chi connectivity index (χ1v) is 9.14. The third-order valence-electron chi connectivity index (χ3n) is 4.18. The maximum Gasteiger partial charge on any atom is 0.344 e. The number of methoxy groups -OCH3 is 1. The zero-order chi connectivity index (χ0) is 21.4. The predicted molar refractivity (Wildman–Crippen MR) is 107 cm³/mol. The molecule has 7 heteroatoms. The maximum absolute atomic E-state index is 12.1. The van der Waals surface area contributed by atoms with Crippen LogP contribution < -0.4 is 14.8 Å². The Morgan fingerprint density at radius 2 is 1.72 bits per heavy atom. The van der Waals surface area contributed by atoms with Crippen molar-refractivity contribution in [2.24, 2.45) is 0 Å². The Labute approximate surface area is 170 Å². The van der Waals surface area contributed by atoms with Crippen LogP contribution in [0.15, 0.2) is 42.5 Å². The lowest BCUT2D eigenvalue weighted by molar-refractivity contribution is -0.156. The summed E-state index contributed by atoms with van der Waals surface area (Å²) in [7, 11) is 1.44. The molecule has 2 aromatic carbocycles. The summed E-state index contributed by atoms with van der Waals surface area (Å²) in [5, 5.41) is 2.72. The molecule has 0 aromatic heterocycles. The number of ether oxygens (including phenoxy) is 3. The van der Waals surface area contributed by atoms with Gasteiger partial charge in [-0.25, -0.2) is 4.79 Å². The van der Waals surface area contributed by atoms with E-state index in [1.54, 1.807) is 12.1 Å². The molecule has 0 aliphatic rings. The van der Waals surface area contributed by atoms with Crippen LogP contribution in [0.25, 0.3) is 0 Å². The van der Waals surface area contributed by atoms with Gasteiger partial charge in [0.2, 0.25) is 0 Å². The highest BCUT2D eigenvalue weighted by atomic mass is 16.6. The fourth-order valence-corrected chi connectivity index (χ4v) is 2.47. The summed E-state index contributed by atoms with van der Waals surface area (Å²) in [6.45, 7) is 4.87. The van der Waals surface area contributed by atoms with Crippen LogP contribution in [0.2, 0.25) is 0 Å². The minimum absolute atomic E-state index is 0.111. The molecule has 0 spiro atoms. The van der Waals surface area contributed by atoms with Crippen molar-refractivity contribution in [2.45, 2.75) is 33.4 Å². The number of benzene rings is 2. The van der Waals surface area contributed by atoms with Gasteiger partial charge in [0.1, 0.15) is 0 Å². The molecule has 1 atom stereocenters. The number of hydrogen-bond acceptors (Lipinski definition) is 6. The van der Waals surface area contributed by atoms with Crippen LogP contribution in [0.1, 0.15) is 35.3 Å². The molecule has 154 valence electrons. The Morgan fingerprint density at radius 3 is 2.34 bits per heavy atom. The topological polar surface area (TPSA) is 90.9 Å². The quantitative estimate of drug-likeness (QED) is 0.515. The third kappa shape index (κ3) is 6.64. The first kappa shape index (κ1) is 21.9. The van der Waals surface area contributed by atoms with E-state index >= 15 is 0 Å². The Kier molecular flexibility index (Phi) is 7.77. The van der Waals surface area contributed by atoms with Gasteiger partial charge in [0, 0.05) is 12.1 Å². The zero-order valence-electron chi connectivity index (χ0n) is 17.0. The molecule has 0 aliphatic carbocycles. The van der Waals surface area contributed by atoms with Gasteiger partial charge in [-0.05, 0) is 44.5 Å². The molecule has 29 heavy (non-hydrogen) atoms. The highest BCUT2D eigenvalue weighted by Gasteiger charge is 2.18. The molecule has 0 aliphatic heterocycles. The van der Waals surface area contributed by atoms with Crippen LogP contribution in [0, 0.1) is 6.92 Å². The van der Waals surface area contributed by atoms with Crippen molar-refractivity contribution in [3.05, 3.63) is 59.2 Å². The number of hydrogen-bond donors (Lipinski definition) is 1. The van der Waals surface area contributed by atoms with Crippen LogP contribution in [0.5, 0.6) is 11.5 Å². The van der Waals surface area contributed by atoms with E-state index in [2.05, 4.69) is 5.32 Å². The van der Waals surface area contributed by atoms with E-state index in [0.29, 0.717) is 23.6 Å². The summed E-state index contributed by atoms with van der Waals surface area (Å²) in [6, 6.07) is 12.4. The minimum atomic E-state index is -0.960. The number of amides is 1. The highest BCUT2D eigenvalue weighted by Crippen LogP contribution is 2.28. The summed E-state index contributed by atoms with van der Waals surface area (Å²) in [6.07, 6.45) is -0.960. The van der Waals surface area contributed by atoms with Crippen molar-refractivity contribution in [1.82, 2.24) is 5.32 Å². The van der Waals surface area contributed by atoms with Gasteiger partial charge in [-0.2, -0.15) is 0 Å². The second kappa shape index (κ2) is 10.3. The van der Waals surface area contributed by atoms with Gasteiger partial charge < -0.3 is 19.5 Å². The maximum atomic E-state index is 12.1. The molecule has 0 saturated carbocycles. The summed E-state index contributed by atoms with van der Waals surface area (Å²) >= 11 is 0. The third-order valence-corrected chi connectivity index (χ3v) is 4.18. The summed E-state index contributed by atoms with van der Waals surface area (Å²) in [5.74, 6) is -0.581. The monoisotopic (exact) mass is 399 g/mol. The van der Waals surface area contributed by atoms with Crippen LogP contribution in [0.4, 0.5) is 0 Å². The Morgan fingerprint density at radius 1 is 1.03 bits per heavy atom. The molecule has 0 heterocycles. The van der Waals surface area contributed by atoms with Crippen molar-refractivity contribution in [3.63, 3.8) is 0 Å². The van der Waals surface area contributed by atoms with E-state index in [0.717, 1.165) is 11.1 Å². The lowest BCUT2D eigenvalue weighted by Gasteiger charge is -2.15. The average molecular weight is 399 g/mol. The fraction of sp³-hybridized carbons (Fsp3) is 0.318. The predicted octanol–water partition coefficient (Wildman–Crippen LogP) is 2.83. The largest absolute Gasteiger partial charge is 0.493 e. The molecule has 0 radical (unpaired) electrons. The van der Waals surface area contributed by atoms with Crippen LogP contribution >= 0.6 is 0 Å². The lowest BCUT2D eigenvalue weighted by atomic mass is 10.1. The highest BCUT2D eigenvalue weighted by molar-refractivity contribution is 5.94. The molecule has 7 nitrogen and oxygen atoms in total. The van der Waals surface area contributed by atoms with E-state index in [1.165, 1.54) is 27.0 Å². The van der Waals surface area contributed by atoms with Crippen LogP contribution in [0.3, 0.4) is 0 Å². The van der Waals surface area contributed by atoms with Gasteiger partial charge >= 0.3 is 5.97 Å². The lowest BCUT2D eigenvalue weighted by Crippen LogP contribution is -2.36. The number of esters is 1. The van der Waals surface area contributed by atoms with E-state index < -0.39 is 24.6 Å². The van der Waals surface area contributed by atoms with Crippen LogP contribution in [-0.4, -0.2) is 37.5 Å². The fourth-order valence-electron chi connectivity index (χ4n) is 2.47. The molecule has 0 unspecified atom stereocenters. The smallest absolute Gasteiger partial charge is 0.344 e. The molecule has 1 amide bonds. The molecular formula is C22H25NO6. The number of Topliss-reactive ketones (excluding diaryl/α,β-unsaturated/α-hetero) is 1. The van der Waals surface area contributed by atoms with Gasteiger partial charge in [0.05, 0.1) is 7.11 Å². The van der Waals surface area contributed by atoms with Crippen molar-refractivity contribution in [1.29, 1.82) is 0 Å². The second-order valence-corrected chi connectivity index (χ2v) is 6.55. The number of rotatable bonds is 9. The molecule has 1 N–H and O–H groups in total. The van der Waals surface area contributed by atoms with Crippen LogP contribution in [-0.2, 0) is 20.9 Å². The Bertz CT molecular complexity index is 875. The SMILES string of the molecule is COc1cc(C(C)=O)ccc1OCC(=O)O[C@H](C)C(=O)NCc1ccc(C)cc1. The van der Waals surface area contributed by atoms with Crippen molar-refractivity contribution in [2.75, 3.05) is 13.7 Å². The Balaban J connectivity index is 1.82. The molecule has 0 bridgehead atoms. The molecular weight excluding hydrogens is 374 g/mol. The number of carbonyl (C=O) groups is 3. The van der Waals surface area contributed by atoms with Gasteiger partial charge in [0.25, 0.3) is 5.91 Å². The van der Waals surface area contributed by atoms with Crippen molar-refractivity contribution >= 4 is 17.7 Å². The van der Waals surface area contributed by atoms with Crippen molar-refractivity contribution in [3.8, 4) is 11.5 Å². The first-order valence-electron chi connectivity index (χ1n) is 9.14.